The van der Waals surface area contributed by atoms with E-state index in [1.165, 1.54) is 12.8 Å². The molecular weight excluding hydrogens is 214 g/mol. The molecule has 0 aromatic carbocycles. The van der Waals surface area contributed by atoms with Gasteiger partial charge < -0.3 is 14.5 Å². The van der Waals surface area contributed by atoms with Crippen LogP contribution in [0.1, 0.15) is 37.0 Å². The summed E-state index contributed by atoms with van der Waals surface area (Å²) in [5.74, 6) is 1.01. The molecule has 1 aliphatic carbocycles. The first-order valence-electron chi connectivity index (χ1n) is 6.37. The predicted molar refractivity (Wildman–Crippen MR) is 67.7 cm³/mol. The molecule has 0 unspecified atom stereocenters. The summed E-state index contributed by atoms with van der Waals surface area (Å²) in [5.41, 5.74) is 1.16. The first-order valence-corrected chi connectivity index (χ1v) is 6.37. The van der Waals surface area contributed by atoms with Gasteiger partial charge in [-0.15, -0.1) is 6.58 Å². The number of hydrogen-bond acceptors (Lipinski definition) is 3. The lowest BCUT2D eigenvalue weighted by molar-refractivity contribution is 0.118. The van der Waals surface area contributed by atoms with Crippen LogP contribution in [0.4, 0.5) is 0 Å². The van der Waals surface area contributed by atoms with Crippen LogP contribution in [0.3, 0.4) is 0 Å². The van der Waals surface area contributed by atoms with Crippen LogP contribution in [0.2, 0.25) is 0 Å². The summed E-state index contributed by atoms with van der Waals surface area (Å²) in [7, 11) is 0. The number of ether oxygens (including phenoxy) is 1. The Balaban J connectivity index is 1.67. The third-order valence-electron chi connectivity index (χ3n) is 2.92. The van der Waals surface area contributed by atoms with Crippen molar-refractivity contribution in [3.8, 4) is 0 Å². The SMILES string of the molecule is C=CCCCOCc1ccoc1CNC1CC1. The molecule has 17 heavy (non-hydrogen) atoms. The predicted octanol–water partition coefficient (Wildman–Crippen LogP) is 3.01. The highest BCUT2D eigenvalue weighted by Crippen LogP contribution is 2.20. The quantitative estimate of drug-likeness (QED) is 0.528. The summed E-state index contributed by atoms with van der Waals surface area (Å²) in [6.45, 7) is 5.95. The van der Waals surface area contributed by atoms with Crippen LogP contribution in [-0.2, 0) is 17.9 Å². The zero-order valence-electron chi connectivity index (χ0n) is 10.3. The van der Waals surface area contributed by atoms with E-state index in [-0.39, 0.29) is 0 Å². The zero-order valence-corrected chi connectivity index (χ0v) is 10.3. The Morgan fingerprint density at radius 3 is 3.18 bits per heavy atom. The van der Waals surface area contributed by atoms with E-state index in [4.69, 9.17) is 9.15 Å². The van der Waals surface area contributed by atoms with Crippen LogP contribution in [0.5, 0.6) is 0 Å². The fraction of sp³-hybridized carbons (Fsp3) is 0.571. The van der Waals surface area contributed by atoms with Gasteiger partial charge in [-0.05, 0) is 31.7 Å². The number of furan rings is 1. The van der Waals surface area contributed by atoms with Crippen molar-refractivity contribution in [1.82, 2.24) is 5.32 Å². The summed E-state index contributed by atoms with van der Waals surface area (Å²) in [6.07, 6.45) is 8.32. The van der Waals surface area contributed by atoms with Gasteiger partial charge in [0, 0.05) is 18.2 Å². The maximum Gasteiger partial charge on any atom is 0.123 e. The molecule has 3 nitrogen and oxygen atoms in total. The maximum atomic E-state index is 5.61. The number of allylic oxidation sites excluding steroid dienone is 1. The number of rotatable bonds is 9. The highest BCUT2D eigenvalue weighted by atomic mass is 16.5. The van der Waals surface area contributed by atoms with Crippen molar-refractivity contribution in [1.29, 1.82) is 0 Å². The van der Waals surface area contributed by atoms with Gasteiger partial charge in [0.2, 0.25) is 0 Å². The monoisotopic (exact) mass is 235 g/mol. The molecule has 1 saturated carbocycles. The number of hydrogen-bond donors (Lipinski definition) is 1. The van der Waals surface area contributed by atoms with Gasteiger partial charge in [0.15, 0.2) is 0 Å². The van der Waals surface area contributed by atoms with Crippen molar-refractivity contribution in [2.75, 3.05) is 6.61 Å². The second kappa shape index (κ2) is 6.62. The Kier molecular flexibility index (Phi) is 4.83. The Morgan fingerprint density at radius 2 is 2.41 bits per heavy atom. The van der Waals surface area contributed by atoms with E-state index < -0.39 is 0 Å². The summed E-state index contributed by atoms with van der Waals surface area (Å²) >= 11 is 0. The lowest BCUT2D eigenvalue weighted by atomic mass is 10.2. The minimum atomic E-state index is 0.648. The van der Waals surface area contributed by atoms with E-state index in [2.05, 4.69) is 11.9 Å². The van der Waals surface area contributed by atoms with E-state index >= 15 is 0 Å². The molecule has 0 radical (unpaired) electrons. The summed E-state index contributed by atoms with van der Waals surface area (Å²) in [6, 6.07) is 2.71. The molecule has 0 atom stereocenters. The van der Waals surface area contributed by atoms with Crippen molar-refractivity contribution < 1.29 is 9.15 Å². The Morgan fingerprint density at radius 1 is 1.53 bits per heavy atom. The molecule has 0 saturated heterocycles. The first kappa shape index (κ1) is 12.4. The molecule has 2 rings (SSSR count). The molecule has 0 amide bonds. The third kappa shape index (κ3) is 4.36. The van der Waals surface area contributed by atoms with Crippen molar-refractivity contribution in [2.45, 2.75) is 44.9 Å². The highest BCUT2D eigenvalue weighted by Gasteiger charge is 2.21. The minimum absolute atomic E-state index is 0.648. The normalized spacial score (nSPS) is 15.1. The topological polar surface area (TPSA) is 34.4 Å². The zero-order chi connectivity index (χ0) is 11.9. The fourth-order valence-electron chi connectivity index (χ4n) is 1.69. The summed E-state index contributed by atoms with van der Waals surface area (Å²) in [5, 5.41) is 3.45. The van der Waals surface area contributed by atoms with Crippen molar-refractivity contribution in [3.05, 3.63) is 36.3 Å². The molecule has 0 bridgehead atoms. The molecule has 1 aromatic rings. The lowest BCUT2D eigenvalue weighted by Crippen LogP contribution is -2.15. The fourth-order valence-corrected chi connectivity index (χ4v) is 1.69. The Bertz CT molecular complexity index is 342. The van der Waals surface area contributed by atoms with Gasteiger partial charge >= 0.3 is 0 Å². The lowest BCUT2D eigenvalue weighted by Gasteiger charge is -2.05. The van der Waals surface area contributed by atoms with E-state index in [0.717, 1.165) is 37.3 Å². The largest absolute Gasteiger partial charge is 0.468 e. The molecule has 0 spiro atoms. The molecule has 94 valence electrons. The molecule has 1 aliphatic rings. The summed E-state index contributed by atoms with van der Waals surface area (Å²) in [4.78, 5) is 0. The van der Waals surface area contributed by atoms with Gasteiger partial charge in [-0.2, -0.15) is 0 Å². The van der Waals surface area contributed by atoms with Crippen molar-refractivity contribution in [2.24, 2.45) is 0 Å². The van der Waals surface area contributed by atoms with Crippen molar-refractivity contribution in [3.63, 3.8) is 0 Å². The van der Waals surface area contributed by atoms with Gasteiger partial charge in [0.1, 0.15) is 5.76 Å². The molecule has 3 heteroatoms. The van der Waals surface area contributed by atoms with Gasteiger partial charge in [-0.3, -0.25) is 0 Å². The van der Waals surface area contributed by atoms with Crippen molar-refractivity contribution >= 4 is 0 Å². The first-order chi connectivity index (χ1) is 8.40. The van der Waals surface area contributed by atoms with Crippen LogP contribution in [0.15, 0.2) is 29.4 Å². The van der Waals surface area contributed by atoms with Crippen LogP contribution in [0.25, 0.3) is 0 Å². The van der Waals surface area contributed by atoms with Gasteiger partial charge in [0.25, 0.3) is 0 Å². The molecule has 1 heterocycles. The van der Waals surface area contributed by atoms with Crippen LogP contribution >= 0.6 is 0 Å². The maximum absolute atomic E-state index is 5.61. The van der Waals surface area contributed by atoms with Crippen LogP contribution in [0, 0.1) is 0 Å². The number of nitrogens with one attached hydrogen (secondary N) is 1. The molecule has 1 fully saturated rings. The van der Waals surface area contributed by atoms with Crippen LogP contribution in [-0.4, -0.2) is 12.6 Å². The average molecular weight is 235 g/mol. The second-order valence-corrected chi connectivity index (χ2v) is 4.51. The number of unbranched alkanes of at least 4 members (excludes halogenated alkanes) is 1. The van der Waals surface area contributed by atoms with Gasteiger partial charge in [-0.1, -0.05) is 6.08 Å². The van der Waals surface area contributed by atoms with Crippen LogP contribution < -0.4 is 5.32 Å². The van der Waals surface area contributed by atoms with Gasteiger partial charge in [0.05, 0.1) is 19.4 Å². The second-order valence-electron chi connectivity index (χ2n) is 4.51. The summed E-state index contributed by atoms with van der Waals surface area (Å²) < 4.78 is 11.1. The standard InChI is InChI=1S/C14H21NO2/c1-2-3-4-8-16-11-12-7-9-17-14(12)10-15-13-5-6-13/h2,7,9,13,15H,1,3-6,8,10-11H2. The average Bonchev–Trinajstić information content (AvgIpc) is 3.06. The van der Waals surface area contributed by atoms with E-state index in [9.17, 15) is 0 Å². The molecular formula is C14H21NO2. The highest BCUT2D eigenvalue weighted by molar-refractivity contribution is 5.16. The van der Waals surface area contributed by atoms with E-state index in [1.54, 1.807) is 6.26 Å². The van der Waals surface area contributed by atoms with E-state index in [1.807, 2.05) is 12.1 Å². The smallest absolute Gasteiger partial charge is 0.123 e. The Hall–Kier alpha value is -1.06. The Labute approximate surface area is 103 Å². The third-order valence-corrected chi connectivity index (χ3v) is 2.92. The molecule has 1 aromatic heterocycles. The minimum Gasteiger partial charge on any atom is -0.468 e. The molecule has 0 aliphatic heterocycles. The van der Waals surface area contributed by atoms with Gasteiger partial charge in [-0.25, -0.2) is 0 Å². The molecule has 1 N–H and O–H groups in total. The van der Waals surface area contributed by atoms with E-state index in [0.29, 0.717) is 12.6 Å².